The average molecular weight is 333 g/mol. The van der Waals surface area contributed by atoms with Gasteiger partial charge in [-0.3, -0.25) is 0 Å². The molecular formula is C22H36O2. The van der Waals surface area contributed by atoms with Gasteiger partial charge in [-0.2, -0.15) is 0 Å². The van der Waals surface area contributed by atoms with E-state index in [4.69, 9.17) is 4.74 Å². The van der Waals surface area contributed by atoms with E-state index in [2.05, 4.69) is 19.1 Å². The largest absolute Gasteiger partial charge is 0.508 e. The summed E-state index contributed by atoms with van der Waals surface area (Å²) < 4.78 is 5.19. The predicted molar refractivity (Wildman–Crippen MR) is 104 cm³/mol. The fraction of sp³-hybridized carbons (Fsp3) is 0.636. The van der Waals surface area contributed by atoms with Crippen LogP contribution in [0.2, 0.25) is 0 Å². The van der Waals surface area contributed by atoms with Crippen molar-refractivity contribution in [2.45, 2.75) is 84.0 Å². The molecule has 0 aliphatic carbocycles. The summed E-state index contributed by atoms with van der Waals surface area (Å²) >= 11 is 0. The number of phenols is 1. The number of phenolic OH excluding ortho intramolecular Hbond substituents is 1. The maximum atomic E-state index is 9.64. The van der Waals surface area contributed by atoms with Gasteiger partial charge in [0.25, 0.3) is 0 Å². The first-order valence-corrected chi connectivity index (χ1v) is 9.78. The molecular weight excluding hydrogens is 296 g/mol. The van der Waals surface area contributed by atoms with E-state index in [1.54, 1.807) is 13.2 Å². The molecule has 24 heavy (non-hydrogen) atoms. The van der Waals surface area contributed by atoms with Crippen molar-refractivity contribution in [2.75, 3.05) is 7.11 Å². The van der Waals surface area contributed by atoms with Gasteiger partial charge in [0.1, 0.15) is 11.5 Å². The number of ether oxygens (including phenoxy) is 1. The summed E-state index contributed by atoms with van der Waals surface area (Å²) in [5.74, 6) is 1.04. The Hall–Kier alpha value is -1.44. The summed E-state index contributed by atoms with van der Waals surface area (Å²) in [4.78, 5) is 0. The van der Waals surface area contributed by atoms with E-state index >= 15 is 0 Å². The third-order valence-electron chi connectivity index (χ3n) is 4.41. The van der Waals surface area contributed by atoms with Gasteiger partial charge in [-0.25, -0.2) is 0 Å². The molecule has 0 heterocycles. The Morgan fingerprint density at radius 3 is 2.12 bits per heavy atom. The van der Waals surface area contributed by atoms with Crippen LogP contribution in [0.5, 0.6) is 11.5 Å². The minimum atomic E-state index is 0.299. The monoisotopic (exact) mass is 332 g/mol. The van der Waals surface area contributed by atoms with Crippen LogP contribution in [0.25, 0.3) is 0 Å². The number of aromatic hydroxyl groups is 1. The third kappa shape index (κ3) is 10.4. The van der Waals surface area contributed by atoms with Crippen molar-refractivity contribution >= 4 is 0 Å². The van der Waals surface area contributed by atoms with Crippen LogP contribution in [0.1, 0.15) is 83.1 Å². The molecule has 0 unspecified atom stereocenters. The van der Waals surface area contributed by atoms with E-state index in [1.165, 1.54) is 76.2 Å². The molecule has 0 amide bonds. The van der Waals surface area contributed by atoms with E-state index in [0.717, 1.165) is 12.2 Å². The molecule has 1 rings (SSSR count). The Labute approximate surface area is 148 Å². The van der Waals surface area contributed by atoms with E-state index < -0.39 is 0 Å². The zero-order valence-electron chi connectivity index (χ0n) is 15.7. The minimum absolute atomic E-state index is 0.299. The topological polar surface area (TPSA) is 29.5 Å². The summed E-state index contributed by atoms with van der Waals surface area (Å²) in [7, 11) is 1.64. The smallest absolute Gasteiger partial charge is 0.122 e. The van der Waals surface area contributed by atoms with Crippen molar-refractivity contribution in [1.82, 2.24) is 0 Å². The Morgan fingerprint density at radius 2 is 1.46 bits per heavy atom. The fourth-order valence-electron chi connectivity index (χ4n) is 2.94. The highest BCUT2D eigenvalue weighted by molar-refractivity contribution is 5.37. The second kappa shape index (κ2) is 13.9. The second-order valence-electron chi connectivity index (χ2n) is 6.67. The summed E-state index contributed by atoms with van der Waals surface area (Å²) in [5, 5.41) is 9.64. The van der Waals surface area contributed by atoms with Crippen LogP contribution in [0.15, 0.2) is 30.4 Å². The van der Waals surface area contributed by atoms with Crippen molar-refractivity contribution in [3.8, 4) is 11.5 Å². The molecule has 0 radical (unpaired) electrons. The molecule has 1 aromatic rings. The van der Waals surface area contributed by atoms with Crippen LogP contribution in [-0.4, -0.2) is 12.2 Å². The summed E-state index contributed by atoms with van der Waals surface area (Å²) in [5.41, 5.74) is 1.17. The Morgan fingerprint density at radius 1 is 0.833 bits per heavy atom. The van der Waals surface area contributed by atoms with Gasteiger partial charge in [-0.1, -0.05) is 64.0 Å². The summed E-state index contributed by atoms with van der Waals surface area (Å²) in [6, 6.07) is 5.52. The van der Waals surface area contributed by atoms with Gasteiger partial charge in [-0.05, 0) is 49.8 Å². The minimum Gasteiger partial charge on any atom is -0.508 e. The SMILES string of the molecule is CCCC/C=C\CCCCCCCCCc1cc(O)cc(OC)c1. The zero-order chi connectivity index (χ0) is 17.5. The van der Waals surface area contributed by atoms with Gasteiger partial charge in [0.15, 0.2) is 0 Å². The Bertz CT molecular complexity index is 451. The van der Waals surface area contributed by atoms with Crippen LogP contribution < -0.4 is 4.74 Å². The van der Waals surface area contributed by atoms with Gasteiger partial charge in [0, 0.05) is 6.07 Å². The molecule has 0 spiro atoms. The molecule has 0 aromatic heterocycles. The highest BCUT2D eigenvalue weighted by Crippen LogP contribution is 2.23. The number of methoxy groups -OCH3 is 1. The number of rotatable bonds is 14. The molecule has 0 bridgehead atoms. The van der Waals surface area contributed by atoms with E-state index in [0.29, 0.717) is 5.75 Å². The van der Waals surface area contributed by atoms with Crippen molar-refractivity contribution in [3.05, 3.63) is 35.9 Å². The number of hydrogen-bond acceptors (Lipinski definition) is 2. The van der Waals surface area contributed by atoms with Gasteiger partial charge in [-0.15, -0.1) is 0 Å². The number of benzene rings is 1. The molecule has 2 heteroatoms. The summed E-state index contributed by atoms with van der Waals surface area (Å²) in [6.45, 7) is 2.24. The molecule has 0 saturated carbocycles. The third-order valence-corrected chi connectivity index (χ3v) is 4.41. The van der Waals surface area contributed by atoms with Gasteiger partial charge in [0.2, 0.25) is 0 Å². The first-order valence-electron chi connectivity index (χ1n) is 9.78. The molecule has 1 N–H and O–H groups in total. The van der Waals surface area contributed by atoms with Gasteiger partial charge >= 0.3 is 0 Å². The Balaban J connectivity index is 1.95. The lowest BCUT2D eigenvalue weighted by Gasteiger charge is -2.06. The van der Waals surface area contributed by atoms with Crippen LogP contribution in [0.3, 0.4) is 0 Å². The van der Waals surface area contributed by atoms with E-state index in [-0.39, 0.29) is 0 Å². The van der Waals surface area contributed by atoms with Crippen LogP contribution in [0, 0.1) is 0 Å². The fourth-order valence-corrected chi connectivity index (χ4v) is 2.94. The van der Waals surface area contributed by atoms with Crippen LogP contribution in [0.4, 0.5) is 0 Å². The molecule has 1 aromatic carbocycles. The molecule has 0 fully saturated rings. The quantitative estimate of drug-likeness (QED) is 0.299. The number of aryl methyl sites for hydroxylation is 1. The van der Waals surface area contributed by atoms with Gasteiger partial charge < -0.3 is 9.84 Å². The van der Waals surface area contributed by atoms with Crippen molar-refractivity contribution in [1.29, 1.82) is 0 Å². The van der Waals surface area contributed by atoms with Crippen LogP contribution >= 0.6 is 0 Å². The van der Waals surface area contributed by atoms with Crippen LogP contribution in [-0.2, 0) is 6.42 Å². The van der Waals surface area contributed by atoms with E-state index in [9.17, 15) is 5.11 Å². The molecule has 0 atom stereocenters. The normalized spacial score (nSPS) is 11.2. The van der Waals surface area contributed by atoms with E-state index in [1.807, 2.05) is 12.1 Å². The van der Waals surface area contributed by atoms with Crippen molar-refractivity contribution in [2.24, 2.45) is 0 Å². The zero-order valence-corrected chi connectivity index (χ0v) is 15.7. The lowest BCUT2D eigenvalue weighted by Crippen LogP contribution is -1.89. The number of unbranched alkanes of at least 4 members (excludes halogenated alkanes) is 9. The maximum Gasteiger partial charge on any atom is 0.122 e. The number of hydrogen-bond donors (Lipinski definition) is 1. The lowest BCUT2D eigenvalue weighted by atomic mass is 10.0. The van der Waals surface area contributed by atoms with Gasteiger partial charge in [0.05, 0.1) is 7.11 Å². The Kier molecular flexibility index (Phi) is 12.0. The molecule has 0 aliphatic heterocycles. The molecule has 136 valence electrons. The number of allylic oxidation sites excluding steroid dienone is 2. The van der Waals surface area contributed by atoms with Crippen molar-refractivity contribution in [3.63, 3.8) is 0 Å². The second-order valence-corrected chi connectivity index (χ2v) is 6.67. The molecule has 0 aliphatic rings. The first kappa shape index (κ1) is 20.6. The predicted octanol–water partition coefficient (Wildman–Crippen LogP) is 6.81. The molecule has 2 nitrogen and oxygen atoms in total. The highest BCUT2D eigenvalue weighted by Gasteiger charge is 2.00. The first-order chi connectivity index (χ1) is 11.8. The standard InChI is InChI=1S/C22H36O2/c1-3-4-5-6-7-8-9-10-11-12-13-14-15-16-20-17-21(23)19-22(18-20)24-2/h6-7,17-19,23H,3-5,8-16H2,1-2H3/b7-6-. The maximum absolute atomic E-state index is 9.64. The molecule has 0 saturated heterocycles. The van der Waals surface area contributed by atoms with Crippen molar-refractivity contribution < 1.29 is 9.84 Å². The summed E-state index contributed by atoms with van der Waals surface area (Å²) in [6.07, 6.45) is 20.1. The lowest BCUT2D eigenvalue weighted by molar-refractivity contribution is 0.406. The average Bonchev–Trinajstić information content (AvgIpc) is 2.58. The highest BCUT2D eigenvalue weighted by atomic mass is 16.5.